The standard InChI is InChI=1S/C27H39O6P.Li.H/c1-9-17(4)31-20-15-23(32-18(5)10-2)26(24(16-20)33-19(6)11-3)34-27(28)25-21(29-7)13-12-14-22(25)30-8;;/h12-19,34H,9-11H2,1-8H3;;/q;+1;-1. The smallest absolute Gasteiger partial charge is 1.00 e. The van der Waals surface area contributed by atoms with Gasteiger partial charge < -0.3 is 25.1 Å². The quantitative estimate of drug-likeness (QED) is 0.294. The van der Waals surface area contributed by atoms with Gasteiger partial charge in [-0.3, -0.25) is 4.79 Å². The molecule has 0 heterocycles. The van der Waals surface area contributed by atoms with Gasteiger partial charge in [-0.25, -0.2) is 0 Å². The SMILES string of the molecule is CCC(C)Oc1cc(OC(C)CC)c(PC(=O)c2c(OC)cccc2OC)c(OC(C)CC)c1.[H-].[Li+]. The Labute approximate surface area is 225 Å². The summed E-state index contributed by atoms with van der Waals surface area (Å²) in [7, 11) is 2.83. The number of methoxy groups -OCH3 is 2. The summed E-state index contributed by atoms with van der Waals surface area (Å²) in [5.41, 5.74) is 0.294. The van der Waals surface area contributed by atoms with Crippen LogP contribution < -0.4 is 47.8 Å². The summed E-state index contributed by atoms with van der Waals surface area (Å²) in [6.45, 7) is 12.2. The molecule has 190 valence electrons. The zero-order chi connectivity index (χ0) is 25.3. The van der Waals surface area contributed by atoms with Crippen LogP contribution in [0.3, 0.4) is 0 Å². The monoisotopic (exact) mass is 498 g/mol. The van der Waals surface area contributed by atoms with E-state index >= 15 is 0 Å². The van der Waals surface area contributed by atoms with Crippen molar-refractivity contribution in [2.45, 2.75) is 79.1 Å². The van der Waals surface area contributed by atoms with E-state index in [4.69, 9.17) is 23.7 Å². The number of carbonyl (C=O) groups is 1. The Morgan fingerprint density at radius 1 is 0.800 bits per heavy atom. The summed E-state index contributed by atoms with van der Waals surface area (Å²) < 4.78 is 29.6. The first kappa shape index (κ1) is 31.2. The fourth-order valence-corrected chi connectivity index (χ4v) is 4.22. The third-order valence-corrected chi connectivity index (χ3v) is 6.87. The summed E-state index contributed by atoms with van der Waals surface area (Å²) in [6, 6.07) is 9.06. The molecule has 0 radical (unpaired) electrons. The van der Waals surface area contributed by atoms with Crippen LogP contribution in [0.25, 0.3) is 0 Å². The van der Waals surface area contributed by atoms with E-state index in [0.717, 1.165) is 24.6 Å². The molecule has 0 amide bonds. The van der Waals surface area contributed by atoms with Crippen molar-refractivity contribution in [1.82, 2.24) is 0 Å². The number of carbonyl (C=O) groups excluding carboxylic acids is 1. The summed E-state index contributed by atoms with van der Waals surface area (Å²) >= 11 is 0. The van der Waals surface area contributed by atoms with Gasteiger partial charge in [-0.15, -0.1) is 0 Å². The molecule has 0 N–H and O–H groups in total. The number of hydrogen-bond acceptors (Lipinski definition) is 6. The molecule has 0 saturated heterocycles. The molecule has 0 saturated carbocycles. The van der Waals surface area contributed by atoms with Gasteiger partial charge in [0.15, 0.2) is 5.52 Å². The second kappa shape index (κ2) is 15.3. The van der Waals surface area contributed by atoms with Gasteiger partial charge in [-0.2, -0.15) is 0 Å². The van der Waals surface area contributed by atoms with Crippen LogP contribution >= 0.6 is 8.58 Å². The molecular weight excluding hydrogens is 458 g/mol. The minimum atomic E-state index is -0.258. The van der Waals surface area contributed by atoms with Gasteiger partial charge in [0.2, 0.25) is 0 Å². The molecule has 6 nitrogen and oxygen atoms in total. The number of ether oxygens (including phenoxy) is 5. The predicted octanol–water partition coefficient (Wildman–Crippen LogP) is 3.50. The average Bonchev–Trinajstić information content (AvgIpc) is 2.84. The zero-order valence-electron chi connectivity index (χ0n) is 23.7. The largest absolute Gasteiger partial charge is 1.00 e. The molecule has 8 heteroatoms. The van der Waals surface area contributed by atoms with Gasteiger partial charge in [0, 0.05) is 12.1 Å². The van der Waals surface area contributed by atoms with E-state index in [0.29, 0.717) is 34.3 Å². The summed E-state index contributed by atoms with van der Waals surface area (Å²) in [6.07, 6.45) is 2.51. The minimum Gasteiger partial charge on any atom is -1.00 e. The van der Waals surface area contributed by atoms with Gasteiger partial charge in [-0.05, 0) is 60.7 Å². The first-order valence-electron chi connectivity index (χ1n) is 12.0. The fraction of sp³-hybridized carbons (Fsp3) is 0.519. The number of rotatable bonds is 14. The van der Waals surface area contributed by atoms with E-state index in [-0.39, 0.29) is 52.7 Å². The van der Waals surface area contributed by atoms with Crippen molar-refractivity contribution in [3.05, 3.63) is 35.9 Å². The summed E-state index contributed by atoms with van der Waals surface area (Å²) in [5.74, 6) is 2.83. The van der Waals surface area contributed by atoms with Crippen molar-refractivity contribution in [1.29, 1.82) is 0 Å². The van der Waals surface area contributed by atoms with Gasteiger partial charge in [0.1, 0.15) is 34.3 Å². The average molecular weight is 499 g/mol. The van der Waals surface area contributed by atoms with Crippen LogP contribution in [0.1, 0.15) is 72.6 Å². The van der Waals surface area contributed by atoms with Crippen molar-refractivity contribution in [3.63, 3.8) is 0 Å². The maximum absolute atomic E-state index is 13.6. The minimum absolute atomic E-state index is 0. The zero-order valence-corrected chi connectivity index (χ0v) is 23.7. The molecule has 4 unspecified atom stereocenters. The van der Waals surface area contributed by atoms with E-state index in [2.05, 4.69) is 20.8 Å². The van der Waals surface area contributed by atoms with Crippen molar-refractivity contribution in [2.75, 3.05) is 14.2 Å². The maximum atomic E-state index is 13.6. The molecule has 0 aliphatic carbocycles. The van der Waals surface area contributed by atoms with Crippen molar-refractivity contribution < 1.29 is 48.8 Å². The molecular formula is C27H40LiO6P. The molecule has 2 aromatic rings. The first-order valence-corrected chi connectivity index (χ1v) is 13.0. The van der Waals surface area contributed by atoms with E-state index in [1.54, 1.807) is 32.4 Å². The van der Waals surface area contributed by atoms with Gasteiger partial charge in [-0.1, -0.05) is 26.8 Å². The Hall–Kier alpha value is -1.86. The van der Waals surface area contributed by atoms with Gasteiger partial charge >= 0.3 is 18.9 Å². The third kappa shape index (κ3) is 8.64. The van der Waals surface area contributed by atoms with Gasteiger partial charge in [0.25, 0.3) is 0 Å². The van der Waals surface area contributed by atoms with Crippen LogP contribution in [0.5, 0.6) is 28.7 Å². The predicted molar refractivity (Wildman–Crippen MR) is 141 cm³/mol. The number of hydrogen-bond donors (Lipinski definition) is 0. The van der Waals surface area contributed by atoms with E-state index in [1.807, 2.05) is 32.9 Å². The van der Waals surface area contributed by atoms with E-state index in [1.165, 1.54) is 0 Å². The van der Waals surface area contributed by atoms with Gasteiger partial charge in [0.05, 0.1) is 37.8 Å². The maximum Gasteiger partial charge on any atom is 1.00 e. The molecule has 0 aliphatic rings. The fourth-order valence-electron chi connectivity index (χ4n) is 3.11. The normalized spacial score (nSPS) is 13.5. The Morgan fingerprint density at radius 3 is 1.63 bits per heavy atom. The van der Waals surface area contributed by atoms with Crippen LogP contribution in [0.15, 0.2) is 30.3 Å². The third-order valence-electron chi connectivity index (χ3n) is 5.65. The van der Waals surface area contributed by atoms with E-state index in [9.17, 15) is 4.79 Å². The number of benzene rings is 2. The van der Waals surface area contributed by atoms with Crippen LogP contribution in [-0.2, 0) is 0 Å². The van der Waals surface area contributed by atoms with Crippen LogP contribution in [0, 0.1) is 0 Å². The molecule has 2 aromatic carbocycles. The van der Waals surface area contributed by atoms with Crippen LogP contribution in [0.4, 0.5) is 0 Å². The molecule has 35 heavy (non-hydrogen) atoms. The Bertz CT molecular complexity index is 903. The van der Waals surface area contributed by atoms with Crippen molar-refractivity contribution >= 4 is 19.4 Å². The van der Waals surface area contributed by atoms with Crippen molar-refractivity contribution in [2.24, 2.45) is 0 Å². The molecule has 0 aromatic heterocycles. The van der Waals surface area contributed by atoms with Crippen molar-refractivity contribution in [3.8, 4) is 28.7 Å². The first-order chi connectivity index (χ1) is 16.3. The Balaban J connectivity index is 0.00000612. The molecule has 0 spiro atoms. The molecule has 0 bridgehead atoms. The molecule has 0 fully saturated rings. The molecule has 4 atom stereocenters. The summed E-state index contributed by atoms with van der Waals surface area (Å²) in [5, 5.41) is 0.718. The van der Waals surface area contributed by atoms with Crippen LogP contribution in [0.2, 0.25) is 0 Å². The van der Waals surface area contributed by atoms with Crippen LogP contribution in [-0.4, -0.2) is 38.1 Å². The van der Waals surface area contributed by atoms with E-state index < -0.39 is 0 Å². The summed E-state index contributed by atoms with van der Waals surface area (Å²) in [4.78, 5) is 13.6. The Kier molecular flexibility index (Phi) is 13.6. The second-order valence-corrected chi connectivity index (χ2v) is 9.50. The topological polar surface area (TPSA) is 63.2 Å². The molecule has 0 aliphatic heterocycles. The molecule has 2 rings (SSSR count). The second-order valence-electron chi connectivity index (χ2n) is 8.30. The Morgan fingerprint density at radius 2 is 1.23 bits per heavy atom.